The molecule has 0 radical (unpaired) electrons. The molecule has 0 spiro atoms. The van der Waals surface area contributed by atoms with Crippen molar-refractivity contribution >= 4 is 5.91 Å². The summed E-state index contributed by atoms with van der Waals surface area (Å²) in [5.41, 5.74) is 1.19. The van der Waals surface area contributed by atoms with Crippen LogP contribution in [0, 0.1) is 5.92 Å². The maximum atomic E-state index is 11.8. The molecule has 1 fully saturated rings. The lowest BCUT2D eigenvalue weighted by atomic mass is 9.95. The van der Waals surface area contributed by atoms with Crippen LogP contribution in [0.1, 0.15) is 31.4 Å². The summed E-state index contributed by atoms with van der Waals surface area (Å²) in [6.07, 6.45) is 1.44. The van der Waals surface area contributed by atoms with Crippen LogP contribution < -0.4 is 5.32 Å². The van der Waals surface area contributed by atoms with Gasteiger partial charge in [-0.15, -0.1) is 0 Å². The van der Waals surface area contributed by atoms with E-state index in [1.165, 1.54) is 5.56 Å². The minimum absolute atomic E-state index is 0.0399. The van der Waals surface area contributed by atoms with E-state index >= 15 is 0 Å². The third-order valence-electron chi connectivity index (χ3n) is 3.78. The summed E-state index contributed by atoms with van der Waals surface area (Å²) in [4.78, 5) is 11.8. The highest BCUT2D eigenvalue weighted by Gasteiger charge is 2.29. The third-order valence-corrected chi connectivity index (χ3v) is 3.78. The monoisotopic (exact) mass is 277 g/mol. The van der Waals surface area contributed by atoms with Crippen LogP contribution in [0.5, 0.6) is 0 Å². The molecule has 0 aromatic heterocycles. The number of nitrogens with one attached hydrogen (secondary N) is 1. The zero-order valence-electron chi connectivity index (χ0n) is 12.2. The lowest BCUT2D eigenvalue weighted by molar-refractivity contribution is -0.123. The number of methoxy groups -OCH3 is 1. The smallest absolute Gasteiger partial charge is 0.222 e. The Balaban J connectivity index is 1.84. The average molecular weight is 277 g/mol. The summed E-state index contributed by atoms with van der Waals surface area (Å²) in [6, 6.07) is 10.2. The summed E-state index contributed by atoms with van der Waals surface area (Å²) in [5, 5.41) is 2.99. The van der Waals surface area contributed by atoms with Crippen molar-refractivity contribution in [2.45, 2.75) is 32.0 Å². The van der Waals surface area contributed by atoms with Crippen LogP contribution >= 0.6 is 0 Å². The topological polar surface area (TPSA) is 47.6 Å². The Bertz CT molecular complexity index is 421. The second-order valence-corrected chi connectivity index (χ2v) is 5.31. The van der Waals surface area contributed by atoms with Crippen molar-refractivity contribution in [1.82, 2.24) is 5.32 Å². The number of hydrogen-bond acceptors (Lipinski definition) is 3. The first-order chi connectivity index (χ1) is 9.70. The van der Waals surface area contributed by atoms with Crippen molar-refractivity contribution in [3.05, 3.63) is 35.9 Å². The van der Waals surface area contributed by atoms with Gasteiger partial charge in [0.2, 0.25) is 5.91 Å². The SMILES string of the molecule is CO[C@H](C)CC(=O)NC[C@H]1CCO[C@@H]1c1ccccc1. The molecule has 1 aromatic carbocycles. The maximum absolute atomic E-state index is 11.8. The number of carbonyl (C=O) groups is 1. The van der Waals surface area contributed by atoms with Crippen LogP contribution in [0.2, 0.25) is 0 Å². The highest BCUT2D eigenvalue weighted by molar-refractivity contribution is 5.76. The predicted octanol–water partition coefficient (Wildman–Crippen LogP) is 2.31. The molecular weight excluding hydrogens is 254 g/mol. The summed E-state index contributed by atoms with van der Waals surface area (Å²) >= 11 is 0. The largest absolute Gasteiger partial charge is 0.381 e. The molecule has 110 valence electrons. The number of benzene rings is 1. The molecule has 20 heavy (non-hydrogen) atoms. The van der Waals surface area contributed by atoms with E-state index in [0.717, 1.165) is 13.0 Å². The molecule has 0 saturated carbocycles. The first-order valence-electron chi connectivity index (χ1n) is 7.16. The van der Waals surface area contributed by atoms with Gasteiger partial charge in [0.05, 0.1) is 18.6 Å². The molecule has 0 bridgehead atoms. The van der Waals surface area contributed by atoms with E-state index in [1.807, 2.05) is 25.1 Å². The fourth-order valence-electron chi connectivity index (χ4n) is 2.52. The Hall–Kier alpha value is -1.39. The van der Waals surface area contributed by atoms with Gasteiger partial charge in [-0.1, -0.05) is 30.3 Å². The van der Waals surface area contributed by atoms with Crippen molar-refractivity contribution < 1.29 is 14.3 Å². The summed E-state index contributed by atoms with van der Waals surface area (Å²) in [7, 11) is 1.62. The van der Waals surface area contributed by atoms with Gasteiger partial charge in [0.25, 0.3) is 0 Å². The molecule has 4 nitrogen and oxygen atoms in total. The van der Waals surface area contributed by atoms with Crippen molar-refractivity contribution in [1.29, 1.82) is 0 Å². The van der Waals surface area contributed by atoms with Gasteiger partial charge < -0.3 is 14.8 Å². The minimum Gasteiger partial charge on any atom is -0.381 e. The standard InChI is InChI=1S/C16H23NO3/c1-12(19-2)10-15(18)17-11-14-8-9-20-16(14)13-6-4-3-5-7-13/h3-7,12,14,16H,8-11H2,1-2H3,(H,17,18)/t12-,14-,16-/m1/s1. The fraction of sp³-hybridized carbons (Fsp3) is 0.562. The highest BCUT2D eigenvalue weighted by Crippen LogP contribution is 2.33. The Morgan fingerprint density at radius 1 is 1.45 bits per heavy atom. The van der Waals surface area contributed by atoms with Gasteiger partial charge in [-0.25, -0.2) is 0 Å². The van der Waals surface area contributed by atoms with Gasteiger partial charge in [-0.3, -0.25) is 4.79 Å². The van der Waals surface area contributed by atoms with Crippen molar-refractivity contribution in [2.75, 3.05) is 20.3 Å². The number of carbonyl (C=O) groups excluding carboxylic acids is 1. The van der Waals surface area contributed by atoms with Crippen molar-refractivity contribution in [3.8, 4) is 0 Å². The molecular formula is C16H23NO3. The number of hydrogen-bond donors (Lipinski definition) is 1. The molecule has 0 unspecified atom stereocenters. The normalized spacial score (nSPS) is 23.5. The van der Waals surface area contributed by atoms with Gasteiger partial charge in [0.1, 0.15) is 0 Å². The van der Waals surface area contributed by atoms with Crippen LogP contribution in [-0.4, -0.2) is 32.3 Å². The average Bonchev–Trinajstić information content (AvgIpc) is 2.94. The van der Waals surface area contributed by atoms with Crippen LogP contribution in [0.25, 0.3) is 0 Å². The second kappa shape index (κ2) is 7.41. The maximum Gasteiger partial charge on any atom is 0.222 e. The van der Waals surface area contributed by atoms with Crippen LogP contribution in [0.3, 0.4) is 0 Å². The zero-order chi connectivity index (χ0) is 14.4. The highest BCUT2D eigenvalue weighted by atomic mass is 16.5. The molecule has 1 heterocycles. The molecule has 1 amide bonds. The number of rotatable bonds is 6. The first-order valence-corrected chi connectivity index (χ1v) is 7.16. The van der Waals surface area contributed by atoms with E-state index in [9.17, 15) is 4.79 Å². The lowest BCUT2D eigenvalue weighted by Crippen LogP contribution is -2.32. The molecule has 3 atom stereocenters. The van der Waals surface area contributed by atoms with Crippen LogP contribution in [0.15, 0.2) is 30.3 Å². The van der Waals surface area contributed by atoms with Gasteiger partial charge in [-0.05, 0) is 18.9 Å². The minimum atomic E-state index is -0.0419. The summed E-state index contributed by atoms with van der Waals surface area (Å²) < 4.78 is 10.9. The Morgan fingerprint density at radius 2 is 2.20 bits per heavy atom. The zero-order valence-corrected chi connectivity index (χ0v) is 12.2. The molecule has 1 N–H and O–H groups in total. The van der Waals surface area contributed by atoms with E-state index in [2.05, 4.69) is 17.4 Å². The molecule has 0 aliphatic carbocycles. The first kappa shape index (κ1) is 15.0. The summed E-state index contributed by atoms with van der Waals surface area (Å²) in [6.45, 7) is 3.31. The molecule has 1 aliphatic heterocycles. The van der Waals surface area contributed by atoms with Crippen LogP contribution in [-0.2, 0) is 14.3 Å². The van der Waals surface area contributed by atoms with Crippen LogP contribution in [0.4, 0.5) is 0 Å². The molecule has 1 saturated heterocycles. The van der Waals surface area contributed by atoms with Crippen molar-refractivity contribution in [2.24, 2.45) is 5.92 Å². The molecule has 4 heteroatoms. The van der Waals surface area contributed by atoms with E-state index in [0.29, 0.717) is 18.9 Å². The third kappa shape index (κ3) is 4.05. The molecule has 1 aliphatic rings. The lowest BCUT2D eigenvalue weighted by Gasteiger charge is -2.19. The number of amides is 1. The van der Waals surface area contributed by atoms with Gasteiger partial charge >= 0.3 is 0 Å². The summed E-state index contributed by atoms with van der Waals surface area (Å²) in [5.74, 6) is 0.386. The molecule has 1 aromatic rings. The van der Waals surface area contributed by atoms with E-state index < -0.39 is 0 Å². The van der Waals surface area contributed by atoms with E-state index in [-0.39, 0.29) is 18.1 Å². The van der Waals surface area contributed by atoms with Gasteiger partial charge in [0.15, 0.2) is 0 Å². The van der Waals surface area contributed by atoms with E-state index in [1.54, 1.807) is 7.11 Å². The van der Waals surface area contributed by atoms with E-state index in [4.69, 9.17) is 9.47 Å². The second-order valence-electron chi connectivity index (χ2n) is 5.31. The Morgan fingerprint density at radius 3 is 2.90 bits per heavy atom. The molecule has 2 rings (SSSR count). The Labute approximate surface area is 120 Å². The fourth-order valence-corrected chi connectivity index (χ4v) is 2.52. The Kier molecular flexibility index (Phi) is 5.56. The number of ether oxygens (including phenoxy) is 2. The van der Waals surface area contributed by atoms with Gasteiger partial charge in [0, 0.05) is 26.2 Å². The quantitative estimate of drug-likeness (QED) is 0.868. The van der Waals surface area contributed by atoms with Gasteiger partial charge in [-0.2, -0.15) is 0 Å². The predicted molar refractivity (Wildman–Crippen MR) is 77.3 cm³/mol. The van der Waals surface area contributed by atoms with Crippen molar-refractivity contribution in [3.63, 3.8) is 0 Å².